The van der Waals surface area contributed by atoms with Crippen molar-refractivity contribution in [3.05, 3.63) is 70.8 Å². The van der Waals surface area contributed by atoms with E-state index in [-0.39, 0.29) is 18.8 Å². The molecule has 29 heavy (non-hydrogen) atoms. The summed E-state index contributed by atoms with van der Waals surface area (Å²) in [6.45, 7) is 5.25. The normalized spacial score (nSPS) is 13.9. The molecule has 0 fully saturated rings. The van der Waals surface area contributed by atoms with Crippen LogP contribution in [0.2, 0.25) is 0 Å². The smallest absolute Gasteiger partial charge is 0.264 e. The summed E-state index contributed by atoms with van der Waals surface area (Å²) >= 11 is 0. The summed E-state index contributed by atoms with van der Waals surface area (Å²) in [6.07, 6.45) is 2.41. The fraction of sp³-hybridized carbons (Fsp3) is 0.478. The average Bonchev–Trinajstić information content (AvgIpc) is 2.71. The van der Waals surface area contributed by atoms with E-state index in [0.717, 1.165) is 24.0 Å². The summed E-state index contributed by atoms with van der Waals surface area (Å²) in [5.41, 5.74) is 4.57. The predicted octanol–water partition coefficient (Wildman–Crippen LogP) is 4.66. The summed E-state index contributed by atoms with van der Waals surface area (Å²) in [6, 6.07) is 16.6. The monoisotopic (exact) mass is 420 g/mol. The molecule has 0 amide bonds. The Morgan fingerprint density at radius 1 is 0.966 bits per heavy atom. The van der Waals surface area contributed by atoms with Gasteiger partial charge < -0.3 is 9.84 Å². The Labute approximate surface area is 174 Å². The molecule has 160 valence electrons. The van der Waals surface area contributed by atoms with E-state index in [1.54, 1.807) is 0 Å². The lowest BCUT2D eigenvalue weighted by atomic mass is 9.84. The first kappa shape index (κ1) is 23.5. The maximum Gasteiger partial charge on any atom is 0.264 e. The van der Waals surface area contributed by atoms with E-state index in [4.69, 9.17) is 9.29 Å². The first-order valence-corrected chi connectivity index (χ1v) is 11.7. The first-order chi connectivity index (χ1) is 13.8. The van der Waals surface area contributed by atoms with Gasteiger partial charge in [-0.2, -0.15) is 8.42 Å². The van der Waals surface area contributed by atoms with Gasteiger partial charge in [0.15, 0.2) is 0 Å². The zero-order valence-corrected chi connectivity index (χ0v) is 18.1. The number of ether oxygens (including phenoxy) is 1. The highest BCUT2D eigenvalue weighted by Gasteiger charge is 2.15. The maximum atomic E-state index is 10.7. The number of aliphatic hydroxyl groups excluding tert-OH is 1. The lowest BCUT2D eigenvalue weighted by molar-refractivity contribution is 0.121. The Morgan fingerprint density at radius 2 is 1.55 bits per heavy atom. The highest BCUT2D eigenvalue weighted by atomic mass is 32.2. The minimum absolute atomic E-state index is 0.0735. The Bertz CT molecular complexity index is 829. The van der Waals surface area contributed by atoms with Crippen molar-refractivity contribution < 1.29 is 22.8 Å². The van der Waals surface area contributed by atoms with Gasteiger partial charge in [0.25, 0.3) is 10.1 Å². The van der Waals surface area contributed by atoms with Crippen LogP contribution in [0.4, 0.5) is 0 Å². The zero-order chi connectivity index (χ0) is 21.3. The van der Waals surface area contributed by atoms with Crippen molar-refractivity contribution in [3.8, 4) is 0 Å². The highest BCUT2D eigenvalue weighted by molar-refractivity contribution is 7.85. The second-order valence-corrected chi connectivity index (χ2v) is 9.15. The van der Waals surface area contributed by atoms with Crippen molar-refractivity contribution in [2.75, 3.05) is 12.4 Å². The van der Waals surface area contributed by atoms with Crippen molar-refractivity contribution in [2.24, 2.45) is 0 Å². The van der Waals surface area contributed by atoms with Crippen molar-refractivity contribution in [3.63, 3.8) is 0 Å². The standard InChI is InChI=1S/C23H32O5S/c1-3-21(23-11-5-19(16-24)6-12-23)15-18(2)22-9-7-20(8-10-22)17-28-13-4-14-29(25,26)27/h5-12,18,21,24H,3-4,13-17H2,1-2H3,(H,25,26,27). The molecule has 0 aliphatic carbocycles. The number of hydrogen-bond donors (Lipinski definition) is 2. The highest BCUT2D eigenvalue weighted by Crippen LogP contribution is 2.32. The second-order valence-electron chi connectivity index (χ2n) is 7.58. The molecular weight excluding hydrogens is 388 g/mol. The molecule has 0 bridgehead atoms. The van der Waals surface area contributed by atoms with Crippen LogP contribution in [0, 0.1) is 0 Å². The molecule has 0 aromatic heterocycles. The van der Waals surface area contributed by atoms with Crippen molar-refractivity contribution in [1.82, 2.24) is 0 Å². The van der Waals surface area contributed by atoms with Gasteiger partial charge in [0.1, 0.15) is 0 Å². The van der Waals surface area contributed by atoms with Gasteiger partial charge >= 0.3 is 0 Å². The molecule has 0 aliphatic rings. The molecule has 0 heterocycles. The summed E-state index contributed by atoms with van der Waals surface area (Å²) in [7, 11) is -3.91. The van der Waals surface area contributed by atoms with Crippen LogP contribution < -0.4 is 0 Å². The van der Waals surface area contributed by atoms with Crippen molar-refractivity contribution in [1.29, 1.82) is 0 Å². The van der Waals surface area contributed by atoms with Gasteiger partial charge in [0.05, 0.1) is 19.0 Å². The lowest BCUT2D eigenvalue weighted by Crippen LogP contribution is -2.07. The van der Waals surface area contributed by atoms with Crippen LogP contribution in [0.3, 0.4) is 0 Å². The van der Waals surface area contributed by atoms with Crippen LogP contribution in [-0.4, -0.2) is 30.4 Å². The minimum Gasteiger partial charge on any atom is -0.392 e. The number of rotatable bonds is 12. The van der Waals surface area contributed by atoms with Gasteiger partial charge in [-0.05, 0) is 53.4 Å². The zero-order valence-electron chi connectivity index (χ0n) is 17.3. The molecule has 0 radical (unpaired) electrons. The van der Waals surface area contributed by atoms with E-state index >= 15 is 0 Å². The molecule has 2 aromatic rings. The molecule has 2 rings (SSSR count). The van der Waals surface area contributed by atoms with Crippen LogP contribution in [0.5, 0.6) is 0 Å². The number of aliphatic hydroxyl groups is 1. The summed E-state index contributed by atoms with van der Waals surface area (Å²) in [5, 5.41) is 9.21. The third kappa shape index (κ3) is 8.26. The van der Waals surface area contributed by atoms with Gasteiger partial charge in [-0.1, -0.05) is 62.4 Å². The molecule has 0 saturated heterocycles. The molecule has 2 atom stereocenters. The van der Waals surface area contributed by atoms with E-state index in [1.807, 2.05) is 24.3 Å². The van der Waals surface area contributed by atoms with Crippen LogP contribution in [0.1, 0.15) is 67.2 Å². The lowest BCUT2D eigenvalue weighted by Gasteiger charge is -2.21. The maximum absolute atomic E-state index is 10.7. The number of benzene rings is 2. The topological polar surface area (TPSA) is 83.8 Å². The van der Waals surface area contributed by atoms with E-state index in [2.05, 4.69) is 38.1 Å². The molecule has 6 heteroatoms. The van der Waals surface area contributed by atoms with E-state index in [9.17, 15) is 13.5 Å². The fourth-order valence-corrected chi connectivity index (χ4v) is 3.95. The van der Waals surface area contributed by atoms with Gasteiger partial charge in [-0.3, -0.25) is 4.55 Å². The molecule has 0 aliphatic heterocycles. The fourth-order valence-electron chi connectivity index (χ4n) is 3.47. The molecular formula is C23H32O5S. The largest absolute Gasteiger partial charge is 0.392 e. The van der Waals surface area contributed by atoms with Crippen molar-refractivity contribution >= 4 is 10.1 Å². The average molecular weight is 421 g/mol. The molecule has 2 aromatic carbocycles. The van der Waals surface area contributed by atoms with E-state index < -0.39 is 10.1 Å². The van der Waals surface area contributed by atoms with E-state index in [0.29, 0.717) is 25.0 Å². The van der Waals surface area contributed by atoms with Crippen LogP contribution >= 0.6 is 0 Å². The molecule has 5 nitrogen and oxygen atoms in total. The Morgan fingerprint density at radius 3 is 2.10 bits per heavy atom. The molecule has 2 unspecified atom stereocenters. The van der Waals surface area contributed by atoms with Gasteiger partial charge in [0, 0.05) is 6.61 Å². The third-order valence-electron chi connectivity index (χ3n) is 5.27. The van der Waals surface area contributed by atoms with Crippen LogP contribution in [0.15, 0.2) is 48.5 Å². The predicted molar refractivity (Wildman–Crippen MR) is 116 cm³/mol. The molecule has 2 N–H and O–H groups in total. The SMILES string of the molecule is CCC(CC(C)c1ccc(COCCCS(=O)(=O)O)cc1)c1ccc(CO)cc1. The van der Waals surface area contributed by atoms with E-state index in [1.165, 1.54) is 11.1 Å². The van der Waals surface area contributed by atoms with Gasteiger partial charge in [-0.25, -0.2) is 0 Å². The quantitative estimate of drug-likeness (QED) is 0.385. The minimum atomic E-state index is -3.91. The third-order valence-corrected chi connectivity index (χ3v) is 6.08. The molecule has 0 spiro atoms. The Hall–Kier alpha value is -1.73. The van der Waals surface area contributed by atoms with Crippen molar-refractivity contribution in [2.45, 2.75) is 58.2 Å². The summed E-state index contributed by atoms with van der Waals surface area (Å²) < 4.78 is 35.5. The van der Waals surface area contributed by atoms with Crippen LogP contribution in [-0.2, 0) is 28.1 Å². The van der Waals surface area contributed by atoms with Gasteiger partial charge in [-0.15, -0.1) is 0 Å². The summed E-state index contributed by atoms with van der Waals surface area (Å²) in [5.74, 6) is 0.621. The van der Waals surface area contributed by atoms with Crippen LogP contribution in [0.25, 0.3) is 0 Å². The molecule has 0 saturated carbocycles. The van der Waals surface area contributed by atoms with Gasteiger partial charge in [0.2, 0.25) is 0 Å². The number of hydrogen-bond acceptors (Lipinski definition) is 4. The Balaban J connectivity index is 1.85. The second kappa shape index (κ2) is 11.5. The Kier molecular flexibility index (Phi) is 9.30. The first-order valence-electron chi connectivity index (χ1n) is 10.1. The summed E-state index contributed by atoms with van der Waals surface area (Å²) in [4.78, 5) is 0.